The summed E-state index contributed by atoms with van der Waals surface area (Å²) in [5.41, 5.74) is 2.63. The third kappa shape index (κ3) is 3.37. The summed E-state index contributed by atoms with van der Waals surface area (Å²) in [6.07, 6.45) is 5.31. The zero-order valence-corrected chi connectivity index (χ0v) is 12.7. The van der Waals surface area contributed by atoms with Gasteiger partial charge in [-0.05, 0) is 35.9 Å². The van der Waals surface area contributed by atoms with Crippen LogP contribution in [0.1, 0.15) is 15.9 Å². The quantitative estimate of drug-likeness (QED) is 0.758. The standard InChI is InChI=1S/C17H17N5O/c1-18-17(23)15-4-2-9-19-16(15)20-12-13-5-7-14(8-6-13)22-11-3-10-21-22/h2-11H,12H2,1H3,(H,18,23)(H,19,20). The Bertz CT molecular complexity index is 781. The smallest absolute Gasteiger partial charge is 0.254 e. The molecule has 0 aliphatic rings. The molecule has 2 heterocycles. The number of carbonyl (C=O) groups excluding carboxylic acids is 1. The molecule has 0 atom stereocenters. The van der Waals surface area contributed by atoms with Crippen LogP contribution in [0.2, 0.25) is 0 Å². The predicted octanol–water partition coefficient (Wildman–Crippen LogP) is 2.24. The number of benzene rings is 1. The maximum Gasteiger partial charge on any atom is 0.254 e. The van der Waals surface area contributed by atoms with Crippen molar-refractivity contribution in [2.75, 3.05) is 12.4 Å². The van der Waals surface area contributed by atoms with Gasteiger partial charge in [-0.15, -0.1) is 0 Å². The molecule has 0 saturated heterocycles. The average molecular weight is 307 g/mol. The molecule has 3 aromatic rings. The van der Waals surface area contributed by atoms with E-state index in [9.17, 15) is 4.79 Å². The fourth-order valence-electron chi connectivity index (χ4n) is 2.24. The Labute approximate surface area is 134 Å². The third-order valence-electron chi connectivity index (χ3n) is 3.44. The Morgan fingerprint density at radius 1 is 1.13 bits per heavy atom. The lowest BCUT2D eigenvalue weighted by Gasteiger charge is -2.10. The molecule has 0 bridgehead atoms. The molecule has 2 aromatic heterocycles. The minimum Gasteiger partial charge on any atom is -0.365 e. The van der Waals surface area contributed by atoms with Crippen molar-refractivity contribution in [3.63, 3.8) is 0 Å². The second-order valence-electron chi connectivity index (χ2n) is 4.95. The van der Waals surface area contributed by atoms with Gasteiger partial charge >= 0.3 is 0 Å². The predicted molar refractivity (Wildman–Crippen MR) is 88.5 cm³/mol. The van der Waals surface area contributed by atoms with E-state index in [4.69, 9.17) is 0 Å². The zero-order chi connectivity index (χ0) is 16.1. The minimum atomic E-state index is -0.158. The number of aromatic nitrogens is 3. The summed E-state index contributed by atoms with van der Waals surface area (Å²) < 4.78 is 1.81. The summed E-state index contributed by atoms with van der Waals surface area (Å²) in [4.78, 5) is 16.1. The van der Waals surface area contributed by atoms with E-state index in [1.165, 1.54) is 0 Å². The normalized spacial score (nSPS) is 10.3. The molecule has 1 aromatic carbocycles. The molecule has 0 fully saturated rings. The number of carbonyl (C=O) groups is 1. The van der Waals surface area contributed by atoms with Gasteiger partial charge in [0.1, 0.15) is 5.82 Å². The molecule has 0 unspecified atom stereocenters. The van der Waals surface area contributed by atoms with E-state index in [1.54, 1.807) is 36.3 Å². The summed E-state index contributed by atoms with van der Waals surface area (Å²) in [7, 11) is 1.60. The number of nitrogens with zero attached hydrogens (tertiary/aromatic N) is 3. The van der Waals surface area contributed by atoms with Crippen molar-refractivity contribution >= 4 is 11.7 Å². The fourth-order valence-corrected chi connectivity index (χ4v) is 2.24. The van der Waals surface area contributed by atoms with Crippen LogP contribution >= 0.6 is 0 Å². The lowest BCUT2D eigenvalue weighted by atomic mass is 10.2. The highest BCUT2D eigenvalue weighted by Gasteiger charge is 2.10. The topological polar surface area (TPSA) is 71.8 Å². The van der Waals surface area contributed by atoms with E-state index < -0.39 is 0 Å². The first kappa shape index (κ1) is 14.8. The van der Waals surface area contributed by atoms with E-state index >= 15 is 0 Å². The highest BCUT2D eigenvalue weighted by molar-refractivity contribution is 5.98. The van der Waals surface area contributed by atoms with Crippen LogP contribution in [0.5, 0.6) is 0 Å². The van der Waals surface area contributed by atoms with Crippen molar-refractivity contribution in [2.24, 2.45) is 0 Å². The number of nitrogens with one attached hydrogen (secondary N) is 2. The van der Waals surface area contributed by atoms with Gasteiger partial charge in [-0.2, -0.15) is 5.10 Å². The first-order chi connectivity index (χ1) is 11.3. The van der Waals surface area contributed by atoms with Crippen LogP contribution in [0.25, 0.3) is 5.69 Å². The van der Waals surface area contributed by atoms with Crippen LogP contribution in [0.4, 0.5) is 5.82 Å². The van der Waals surface area contributed by atoms with Crippen LogP contribution in [0.15, 0.2) is 61.1 Å². The van der Waals surface area contributed by atoms with Gasteiger partial charge < -0.3 is 10.6 Å². The second-order valence-corrected chi connectivity index (χ2v) is 4.95. The van der Waals surface area contributed by atoms with Gasteiger partial charge in [0.05, 0.1) is 11.3 Å². The molecule has 3 rings (SSSR count). The van der Waals surface area contributed by atoms with Crippen molar-refractivity contribution in [1.29, 1.82) is 0 Å². The van der Waals surface area contributed by atoms with Crippen LogP contribution in [0.3, 0.4) is 0 Å². The molecule has 0 saturated carbocycles. The van der Waals surface area contributed by atoms with Gasteiger partial charge in [0.15, 0.2) is 0 Å². The first-order valence-electron chi connectivity index (χ1n) is 7.28. The van der Waals surface area contributed by atoms with E-state index in [-0.39, 0.29) is 5.91 Å². The molecule has 0 aliphatic carbocycles. The summed E-state index contributed by atoms with van der Waals surface area (Å²) in [5, 5.41) is 10.0. The van der Waals surface area contributed by atoms with E-state index in [2.05, 4.69) is 20.7 Å². The maximum absolute atomic E-state index is 11.8. The molecular weight excluding hydrogens is 290 g/mol. The fraction of sp³-hybridized carbons (Fsp3) is 0.118. The Hall–Kier alpha value is -3.15. The summed E-state index contributed by atoms with van der Waals surface area (Å²) >= 11 is 0. The largest absolute Gasteiger partial charge is 0.365 e. The average Bonchev–Trinajstić information content (AvgIpc) is 3.14. The Morgan fingerprint density at radius 3 is 2.65 bits per heavy atom. The number of anilines is 1. The molecular formula is C17H17N5O. The molecule has 0 radical (unpaired) electrons. The first-order valence-corrected chi connectivity index (χ1v) is 7.28. The van der Waals surface area contributed by atoms with Gasteiger partial charge in [0.2, 0.25) is 0 Å². The van der Waals surface area contributed by atoms with Gasteiger partial charge in [-0.1, -0.05) is 12.1 Å². The molecule has 6 heteroatoms. The summed E-state index contributed by atoms with van der Waals surface area (Å²) in [5.74, 6) is 0.414. The number of rotatable bonds is 5. The molecule has 0 spiro atoms. The van der Waals surface area contributed by atoms with Crippen LogP contribution in [-0.4, -0.2) is 27.7 Å². The molecule has 1 amide bonds. The van der Waals surface area contributed by atoms with Crippen LogP contribution in [-0.2, 0) is 6.54 Å². The highest BCUT2D eigenvalue weighted by atomic mass is 16.1. The van der Waals surface area contributed by atoms with Gasteiger partial charge in [-0.25, -0.2) is 9.67 Å². The monoisotopic (exact) mass is 307 g/mol. The number of amides is 1. The summed E-state index contributed by atoms with van der Waals surface area (Å²) in [6, 6.07) is 13.4. The Balaban J connectivity index is 1.70. The van der Waals surface area contributed by atoms with Gasteiger partial charge in [0, 0.05) is 32.2 Å². The number of hydrogen-bond acceptors (Lipinski definition) is 4. The van der Waals surface area contributed by atoms with Crippen molar-refractivity contribution in [1.82, 2.24) is 20.1 Å². The molecule has 6 nitrogen and oxygen atoms in total. The van der Waals surface area contributed by atoms with Crippen molar-refractivity contribution < 1.29 is 4.79 Å². The lowest BCUT2D eigenvalue weighted by molar-refractivity contribution is 0.0963. The zero-order valence-electron chi connectivity index (χ0n) is 12.7. The molecule has 0 aliphatic heterocycles. The van der Waals surface area contributed by atoms with E-state index in [1.807, 2.05) is 36.5 Å². The molecule has 2 N–H and O–H groups in total. The molecule has 23 heavy (non-hydrogen) atoms. The Morgan fingerprint density at radius 2 is 1.96 bits per heavy atom. The van der Waals surface area contributed by atoms with E-state index in [0.29, 0.717) is 17.9 Å². The van der Waals surface area contributed by atoms with Crippen LogP contribution in [0, 0.1) is 0 Å². The number of hydrogen-bond donors (Lipinski definition) is 2. The minimum absolute atomic E-state index is 0.158. The van der Waals surface area contributed by atoms with E-state index in [0.717, 1.165) is 11.3 Å². The summed E-state index contributed by atoms with van der Waals surface area (Å²) in [6.45, 7) is 0.584. The second kappa shape index (κ2) is 6.74. The van der Waals surface area contributed by atoms with Crippen molar-refractivity contribution in [3.05, 3.63) is 72.2 Å². The highest BCUT2D eigenvalue weighted by Crippen LogP contribution is 2.14. The Kier molecular flexibility index (Phi) is 4.33. The number of pyridine rings is 1. The van der Waals surface area contributed by atoms with Crippen molar-refractivity contribution in [3.8, 4) is 5.69 Å². The molecule has 116 valence electrons. The third-order valence-corrected chi connectivity index (χ3v) is 3.44. The maximum atomic E-state index is 11.8. The SMILES string of the molecule is CNC(=O)c1cccnc1NCc1ccc(-n2cccn2)cc1. The van der Waals surface area contributed by atoms with Gasteiger partial charge in [-0.3, -0.25) is 4.79 Å². The van der Waals surface area contributed by atoms with Crippen molar-refractivity contribution in [2.45, 2.75) is 6.54 Å². The van der Waals surface area contributed by atoms with Gasteiger partial charge in [0.25, 0.3) is 5.91 Å². The lowest BCUT2D eigenvalue weighted by Crippen LogP contribution is -2.20. The van der Waals surface area contributed by atoms with Crippen LogP contribution < -0.4 is 10.6 Å².